The van der Waals surface area contributed by atoms with Crippen LogP contribution in [0.15, 0.2) is 54.7 Å². The summed E-state index contributed by atoms with van der Waals surface area (Å²) in [4.78, 5) is 22.9. The largest absolute Gasteiger partial charge is 0.290 e. The zero-order chi connectivity index (χ0) is 19.0. The number of hydrogen-bond donors (Lipinski definition) is 0. The third-order valence-electron chi connectivity index (χ3n) is 4.85. The Bertz CT molecular complexity index is 1020. The number of benzene rings is 2. The molecule has 136 valence electrons. The molecular formula is C20H17FN3O3+. The van der Waals surface area contributed by atoms with E-state index in [9.17, 15) is 19.3 Å². The molecule has 0 bridgehead atoms. The molecular weight excluding hydrogens is 349 g/mol. The van der Waals surface area contributed by atoms with Crippen molar-refractivity contribution in [3.8, 4) is 11.3 Å². The van der Waals surface area contributed by atoms with Crippen molar-refractivity contribution in [1.82, 2.24) is 4.57 Å². The Balaban J connectivity index is 1.62. The van der Waals surface area contributed by atoms with Crippen LogP contribution in [0.1, 0.15) is 22.6 Å². The lowest BCUT2D eigenvalue weighted by Crippen LogP contribution is -2.40. The maximum absolute atomic E-state index is 13.2. The standard InChI is InChI=1S/C20H17FN3O3/c21-16-7-3-14(4-8-16)18-12-22(20-2-1-11-23(18)20)13-19(25)15-5-9-17(10-6-15)24(26)27/h3-10,12H,1-2,11,13H2/q+1. The normalized spacial score (nSPS) is 12.8. The Labute approximate surface area is 154 Å². The maximum atomic E-state index is 13.2. The van der Waals surface area contributed by atoms with Crippen molar-refractivity contribution < 1.29 is 18.7 Å². The molecule has 0 saturated heterocycles. The van der Waals surface area contributed by atoms with Crippen LogP contribution in [0, 0.1) is 15.9 Å². The molecule has 0 unspecified atom stereocenters. The first kappa shape index (κ1) is 17.1. The number of aromatic nitrogens is 2. The fourth-order valence-corrected chi connectivity index (χ4v) is 3.51. The lowest BCUT2D eigenvalue weighted by molar-refractivity contribution is -0.689. The lowest BCUT2D eigenvalue weighted by Gasteiger charge is -2.00. The zero-order valence-corrected chi connectivity index (χ0v) is 14.5. The van der Waals surface area contributed by atoms with Crippen LogP contribution in [-0.4, -0.2) is 15.3 Å². The van der Waals surface area contributed by atoms with Crippen molar-refractivity contribution in [3.05, 3.63) is 82.0 Å². The van der Waals surface area contributed by atoms with Crippen LogP contribution in [-0.2, 0) is 19.5 Å². The smallest absolute Gasteiger partial charge is 0.269 e. The number of ketones is 1. The second-order valence-electron chi connectivity index (χ2n) is 6.55. The van der Waals surface area contributed by atoms with E-state index in [0.29, 0.717) is 5.56 Å². The van der Waals surface area contributed by atoms with E-state index >= 15 is 0 Å². The third-order valence-corrected chi connectivity index (χ3v) is 4.85. The molecule has 1 aromatic heterocycles. The van der Waals surface area contributed by atoms with Crippen molar-refractivity contribution >= 4 is 11.5 Å². The summed E-state index contributed by atoms with van der Waals surface area (Å²) in [5.41, 5.74) is 2.26. The molecule has 6 nitrogen and oxygen atoms in total. The van der Waals surface area contributed by atoms with E-state index in [4.69, 9.17) is 0 Å². The van der Waals surface area contributed by atoms with E-state index in [1.54, 1.807) is 12.1 Å². The van der Waals surface area contributed by atoms with E-state index < -0.39 is 4.92 Å². The first-order valence-electron chi connectivity index (χ1n) is 8.68. The first-order chi connectivity index (χ1) is 13.0. The average Bonchev–Trinajstić information content (AvgIpc) is 3.26. The lowest BCUT2D eigenvalue weighted by atomic mass is 10.1. The Hall–Kier alpha value is -3.35. The fraction of sp³-hybridized carbons (Fsp3) is 0.200. The molecule has 2 heterocycles. The third kappa shape index (κ3) is 3.23. The van der Waals surface area contributed by atoms with Crippen LogP contribution in [0.2, 0.25) is 0 Å². The Morgan fingerprint density at radius 3 is 2.52 bits per heavy atom. The number of non-ortho nitro benzene ring substituents is 1. The molecule has 0 saturated carbocycles. The second-order valence-corrected chi connectivity index (χ2v) is 6.55. The van der Waals surface area contributed by atoms with Gasteiger partial charge in [-0.2, -0.15) is 0 Å². The molecule has 0 spiro atoms. The highest BCUT2D eigenvalue weighted by Gasteiger charge is 2.29. The molecule has 0 atom stereocenters. The molecule has 0 radical (unpaired) electrons. The van der Waals surface area contributed by atoms with E-state index in [1.165, 1.54) is 36.4 Å². The summed E-state index contributed by atoms with van der Waals surface area (Å²) in [7, 11) is 0. The van der Waals surface area contributed by atoms with Gasteiger partial charge < -0.3 is 0 Å². The number of nitrogens with zero attached hydrogens (tertiary/aromatic N) is 3. The monoisotopic (exact) mass is 366 g/mol. The predicted octanol–water partition coefficient (Wildman–Crippen LogP) is 3.32. The number of carbonyl (C=O) groups is 1. The second kappa shape index (κ2) is 6.75. The van der Waals surface area contributed by atoms with Crippen LogP contribution in [0.4, 0.5) is 10.1 Å². The number of nitro benzene ring substituents is 1. The summed E-state index contributed by atoms with van der Waals surface area (Å²) in [5.74, 6) is 0.665. The van der Waals surface area contributed by atoms with Crippen molar-refractivity contribution in [2.24, 2.45) is 0 Å². The topological polar surface area (TPSA) is 69.0 Å². The van der Waals surface area contributed by atoms with Gasteiger partial charge in [0.1, 0.15) is 12.0 Å². The molecule has 0 amide bonds. The Kier molecular flexibility index (Phi) is 4.27. The van der Waals surface area contributed by atoms with E-state index in [2.05, 4.69) is 4.57 Å². The van der Waals surface area contributed by atoms with E-state index in [-0.39, 0.29) is 23.8 Å². The van der Waals surface area contributed by atoms with Crippen LogP contribution in [0.5, 0.6) is 0 Å². The van der Waals surface area contributed by atoms with Crippen LogP contribution in [0.3, 0.4) is 0 Å². The quantitative estimate of drug-likeness (QED) is 0.301. The molecule has 27 heavy (non-hydrogen) atoms. The van der Waals surface area contributed by atoms with E-state index in [0.717, 1.165) is 36.5 Å². The summed E-state index contributed by atoms with van der Waals surface area (Å²) in [6, 6.07) is 12.0. The van der Waals surface area contributed by atoms with Gasteiger partial charge in [0.15, 0.2) is 12.2 Å². The first-order valence-corrected chi connectivity index (χ1v) is 8.68. The van der Waals surface area contributed by atoms with Gasteiger partial charge in [-0.05, 0) is 42.8 Å². The van der Waals surface area contributed by atoms with Gasteiger partial charge in [0, 0.05) is 23.3 Å². The van der Waals surface area contributed by atoms with Crippen LogP contribution >= 0.6 is 0 Å². The number of fused-ring (bicyclic) bond motifs is 1. The molecule has 2 aromatic carbocycles. The number of rotatable bonds is 5. The highest BCUT2D eigenvalue weighted by atomic mass is 19.1. The Morgan fingerprint density at radius 2 is 1.85 bits per heavy atom. The van der Waals surface area contributed by atoms with E-state index in [1.807, 2.05) is 10.8 Å². The van der Waals surface area contributed by atoms with Crippen molar-refractivity contribution in [1.29, 1.82) is 0 Å². The molecule has 1 aliphatic rings. The Morgan fingerprint density at radius 1 is 1.15 bits per heavy atom. The molecule has 7 heteroatoms. The number of halogens is 1. The fourth-order valence-electron chi connectivity index (χ4n) is 3.51. The molecule has 4 rings (SSSR count). The van der Waals surface area contributed by atoms with Crippen LogP contribution < -0.4 is 4.57 Å². The average molecular weight is 366 g/mol. The number of carbonyl (C=O) groups excluding carboxylic acids is 1. The highest BCUT2D eigenvalue weighted by molar-refractivity contribution is 5.95. The predicted molar refractivity (Wildman–Crippen MR) is 95.8 cm³/mol. The summed E-state index contributed by atoms with van der Waals surface area (Å²) >= 11 is 0. The van der Waals surface area contributed by atoms with Crippen molar-refractivity contribution in [3.63, 3.8) is 0 Å². The van der Waals surface area contributed by atoms with Gasteiger partial charge in [0.05, 0.1) is 17.9 Å². The molecule has 3 aromatic rings. The highest BCUT2D eigenvalue weighted by Crippen LogP contribution is 2.25. The number of hydrogen-bond acceptors (Lipinski definition) is 3. The van der Waals surface area contributed by atoms with Crippen molar-refractivity contribution in [2.75, 3.05) is 0 Å². The van der Waals surface area contributed by atoms with Gasteiger partial charge in [-0.25, -0.2) is 13.5 Å². The SMILES string of the molecule is O=C(C[n+]1cc(-c2ccc(F)cc2)n2c1CCC2)c1ccc([N+](=O)[O-])cc1. The minimum atomic E-state index is -0.487. The van der Waals surface area contributed by atoms with Gasteiger partial charge >= 0.3 is 0 Å². The summed E-state index contributed by atoms with van der Waals surface area (Å²) in [6.45, 7) is 1.02. The van der Waals surface area contributed by atoms with Gasteiger partial charge in [-0.1, -0.05) is 0 Å². The molecule has 0 N–H and O–H groups in total. The van der Waals surface area contributed by atoms with Crippen molar-refractivity contribution in [2.45, 2.75) is 25.9 Å². The molecule has 0 fully saturated rings. The summed E-state index contributed by atoms with van der Waals surface area (Å²) in [6.07, 6.45) is 3.79. The minimum Gasteiger partial charge on any atom is -0.290 e. The maximum Gasteiger partial charge on any atom is 0.269 e. The molecule has 0 aliphatic carbocycles. The number of imidazole rings is 1. The minimum absolute atomic E-state index is 0.0393. The summed E-state index contributed by atoms with van der Waals surface area (Å²) < 4.78 is 17.3. The van der Waals surface area contributed by atoms with Crippen LogP contribution in [0.25, 0.3) is 11.3 Å². The van der Waals surface area contributed by atoms with Gasteiger partial charge in [0.25, 0.3) is 11.5 Å². The molecule has 1 aliphatic heterocycles. The number of Topliss-reactive ketones (excluding diaryl/α,β-unsaturated/α-hetero) is 1. The summed E-state index contributed by atoms with van der Waals surface area (Å²) in [5, 5.41) is 10.7. The number of nitro groups is 1. The van der Waals surface area contributed by atoms with Gasteiger partial charge in [-0.15, -0.1) is 0 Å². The zero-order valence-electron chi connectivity index (χ0n) is 14.5. The van der Waals surface area contributed by atoms with Gasteiger partial charge in [-0.3, -0.25) is 14.9 Å². The van der Waals surface area contributed by atoms with Gasteiger partial charge in [0.2, 0.25) is 5.78 Å².